The Morgan fingerprint density at radius 1 is 1.42 bits per heavy atom. The van der Waals surface area contributed by atoms with Crippen LogP contribution in [0, 0.1) is 6.92 Å². The highest BCUT2D eigenvalue weighted by Gasteiger charge is 2.19. The average molecular weight is 281 g/mol. The number of nitrogens with one attached hydrogen (secondary N) is 1. The van der Waals surface area contributed by atoms with E-state index in [-0.39, 0.29) is 5.91 Å². The summed E-state index contributed by atoms with van der Waals surface area (Å²) < 4.78 is 0. The van der Waals surface area contributed by atoms with Crippen LogP contribution in [0.3, 0.4) is 0 Å². The lowest BCUT2D eigenvalue weighted by Gasteiger charge is -2.28. The van der Waals surface area contributed by atoms with Gasteiger partial charge >= 0.3 is 0 Å². The van der Waals surface area contributed by atoms with Gasteiger partial charge in [-0.2, -0.15) is 0 Å². The number of halogens is 1. The summed E-state index contributed by atoms with van der Waals surface area (Å²) in [5.74, 6) is 0.0398. The lowest BCUT2D eigenvalue weighted by Crippen LogP contribution is -2.44. The predicted molar refractivity (Wildman–Crippen MR) is 78.8 cm³/mol. The fourth-order valence-electron chi connectivity index (χ4n) is 2.57. The minimum atomic E-state index is 0.0398. The Kier molecular flexibility index (Phi) is 4.83. The number of nitrogens with zero attached hydrogens (tertiary/aromatic N) is 1. The average Bonchev–Trinajstić information content (AvgIpc) is 2.37. The van der Waals surface area contributed by atoms with E-state index in [1.54, 1.807) is 11.0 Å². The number of benzene rings is 1. The van der Waals surface area contributed by atoms with Crippen LogP contribution in [0.25, 0.3) is 0 Å². The third kappa shape index (κ3) is 3.95. The second-order valence-corrected chi connectivity index (χ2v) is 5.79. The molecular formula is C15H21ClN2O. The van der Waals surface area contributed by atoms with E-state index in [4.69, 9.17) is 11.6 Å². The van der Waals surface area contributed by atoms with Crippen LogP contribution in [-0.4, -0.2) is 37.0 Å². The zero-order valence-electron chi connectivity index (χ0n) is 11.6. The van der Waals surface area contributed by atoms with Gasteiger partial charge in [0.15, 0.2) is 0 Å². The largest absolute Gasteiger partial charge is 0.340 e. The van der Waals surface area contributed by atoms with Gasteiger partial charge in [-0.3, -0.25) is 4.79 Å². The molecule has 0 spiro atoms. The summed E-state index contributed by atoms with van der Waals surface area (Å²) in [7, 11) is 1.86. The summed E-state index contributed by atoms with van der Waals surface area (Å²) in [5, 5.41) is 4.08. The fraction of sp³-hybridized carbons (Fsp3) is 0.533. The molecule has 0 aliphatic carbocycles. The Morgan fingerprint density at radius 2 is 2.21 bits per heavy atom. The molecule has 1 fully saturated rings. The van der Waals surface area contributed by atoms with Crippen molar-refractivity contribution < 1.29 is 4.79 Å². The Hall–Kier alpha value is -1.06. The highest BCUT2D eigenvalue weighted by molar-refractivity contribution is 6.31. The lowest BCUT2D eigenvalue weighted by molar-refractivity contribution is 0.0775. The molecule has 1 amide bonds. The van der Waals surface area contributed by atoms with Crippen molar-refractivity contribution in [3.63, 3.8) is 0 Å². The van der Waals surface area contributed by atoms with Crippen molar-refractivity contribution in [2.75, 3.05) is 20.1 Å². The Morgan fingerprint density at radius 3 is 2.84 bits per heavy atom. The molecule has 0 saturated carbocycles. The van der Waals surface area contributed by atoms with Crippen molar-refractivity contribution in [1.82, 2.24) is 10.2 Å². The number of carbonyl (C=O) groups excluding carboxylic acids is 1. The third-order valence-corrected chi connectivity index (χ3v) is 3.76. The van der Waals surface area contributed by atoms with Crippen molar-refractivity contribution in [3.05, 3.63) is 34.3 Å². The molecule has 1 N–H and O–H groups in total. The summed E-state index contributed by atoms with van der Waals surface area (Å²) in [6.45, 7) is 3.76. The first-order valence-electron chi connectivity index (χ1n) is 6.82. The number of amides is 1. The highest BCUT2D eigenvalue weighted by Crippen LogP contribution is 2.16. The first kappa shape index (κ1) is 14.4. The quantitative estimate of drug-likeness (QED) is 0.923. The van der Waals surface area contributed by atoms with Crippen molar-refractivity contribution in [3.8, 4) is 0 Å². The summed E-state index contributed by atoms with van der Waals surface area (Å²) in [6.07, 6.45) is 3.63. The van der Waals surface area contributed by atoms with Crippen LogP contribution in [0.4, 0.5) is 0 Å². The van der Waals surface area contributed by atoms with E-state index < -0.39 is 0 Å². The summed E-state index contributed by atoms with van der Waals surface area (Å²) in [6, 6.07) is 5.91. The molecule has 1 aromatic rings. The van der Waals surface area contributed by atoms with Gasteiger partial charge in [-0.1, -0.05) is 18.0 Å². The molecule has 1 unspecified atom stereocenters. The second kappa shape index (κ2) is 6.40. The molecule has 1 saturated heterocycles. The van der Waals surface area contributed by atoms with Gasteiger partial charge < -0.3 is 10.2 Å². The fourth-order valence-corrected chi connectivity index (χ4v) is 2.86. The molecule has 1 aliphatic rings. The number of aryl methyl sites for hydroxylation is 1. The number of carbonyl (C=O) groups is 1. The number of rotatable bonds is 3. The normalized spacial score (nSPS) is 19.2. The van der Waals surface area contributed by atoms with Crippen LogP contribution < -0.4 is 5.32 Å². The zero-order valence-corrected chi connectivity index (χ0v) is 12.3. The Balaban J connectivity index is 2.01. The maximum Gasteiger partial charge on any atom is 0.253 e. The molecule has 2 rings (SSSR count). The Bertz CT molecular complexity index is 435. The van der Waals surface area contributed by atoms with Gasteiger partial charge in [0.05, 0.1) is 0 Å². The van der Waals surface area contributed by atoms with Gasteiger partial charge in [-0.25, -0.2) is 0 Å². The number of likely N-dealkylation sites (N-methyl/N-ethyl adjacent to an activating group) is 1. The van der Waals surface area contributed by atoms with Gasteiger partial charge in [-0.15, -0.1) is 0 Å². The first-order valence-corrected chi connectivity index (χ1v) is 7.20. The third-order valence-electron chi connectivity index (χ3n) is 3.54. The molecule has 0 radical (unpaired) electrons. The monoisotopic (exact) mass is 280 g/mol. The van der Waals surface area contributed by atoms with Crippen LogP contribution in [0.2, 0.25) is 5.02 Å². The maximum atomic E-state index is 12.4. The molecule has 1 heterocycles. The molecule has 0 bridgehead atoms. The van der Waals surface area contributed by atoms with Crippen molar-refractivity contribution >= 4 is 17.5 Å². The summed E-state index contributed by atoms with van der Waals surface area (Å²) in [5.41, 5.74) is 1.68. The molecule has 1 aliphatic heterocycles. The Labute approximate surface area is 119 Å². The summed E-state index contributed by atoms with van der Waals surface area (Å²) in [4.78, 5) is 14.1. The maximum absolute atomic E-state index is 12.4. The minimum absolute atomic E-state index is 0.0398. The topological polar surface area (TPSA) is 32.3 Å². The van der Waals surface area contributed by atoms with E-state index in [1.807, 2.05) is 26.1 Å². The number of hydrogen-bond acceptors (Lipinski definition) is 2. The van der Waals surface area contributed by atoms with Gasteiger partial charge in [0.1, 0.15) is 0 Å². The van der Waals surface area contributed by atoms with Gasteiger partial charge in [0.25, 0.3) is 5.91 Å². The number of hydrogen-bond donors (Lipinski definition) is 1. The molecule has 0 aromatic heterocycles. The molecular weight excluding hydrogens is 260 g/mol. The van der Waals surface area contributed by atoms with Crippen molar-refractivity contribution in [2.24, 2.45) is 0 Å². The SMILES string of the molecule is Cc1cc(Cl)cc(C(=O)N(C)CC2CCCCN2)c1. The second-order valence-electron chi connectivity index (χ2n) is 5.35. The predicted octanol–water partition coefficient (Wildman–Crippen LogP) is 2.86. The molecule has 1 atom stereocenters. The molecule has 104 valence electrons. The smallest absolute Gasteiger partial charge is 0.253 e. The molecule has 4 heteroatoms. The van der Waals surface area contributed by atoms with Gasteiger partial charge in [0, 0.05) is 30.2 Å². The standard InChI is InChI=1S/C15H21ClN2O/c1-11-7-12(9-13(16)8-11)15(19)18(2)10-14-5-3-4-6-17-14/h7-9,14,17H,3-6,10H2,1-2H3. The van der Waals surface area contributed by atoms with Crippen LogP contribution >= 0.6 is 11.6 Å². The van der Waals surface area contributed by atoms with Gasteiger partial charge in [0.2, 0.25) is 0 Å². The van der Waals surface area contributed by atoms with E-state index in [1.165, 1.54) is 12.8 Å². The molecule has 19 heavy (non-hydrogen) atoms. The van der Waals surface area contributed by atoms with Crippen molar-refractivity contribution in [2.45, 2.75) is 32.2 Å². The van der Waals surface area contributed by atoms with Gasteiger partial charge in [-0.05, 0) is 50.1 Å². The summed E-state index contributed by atoms with van der Waals surface area (Å²) >= 11 is 6.01. The van der Waals surface area contributed by atoms with E-state index >= 15 is 0 Å². The van der Waals surface area contributed by atoms with Crippen LogP contribution in [0.15, 0.2) is 18.2 Å². The minimum Gasteiger partial charge on any atom is -0.340 e. The van der Waals surface area contributed by atoms with E-state index in [9.17, 15) is 4.79 Å². The van der Waals surface area contributed by atoms with E-state index in [0.717, 1.165) is 25.1 Å². The molecule has 3 nitrogen and oxygen atoms in total. The van der Waals surface area contributed by atoms with E-state index in [0.29, 0.717) is 16.6 Å². The first-order chi connectivity index (χ1) is 9.06. The lowest BCUT2D eigenvalue weighted by atomic mass is 10.0. The number of piperidine rings is 1. The highest BCUT2D eigenvalue weighted by atomic mass is 35.5. The van der Waals surface area contributed by atoms with E-state index in [2.05, 4.69) is 5.32 Å². The van der Waals surface area contributed by atoms with Crippen molar-refractivity contribution in [1.29, 1.82) is 0 Å². The molecule has 1 aromatic carbocycles. The van der Waals surface area contributed by atoms with Crippen LogP contribution in [0.1, 0.15) is 35.2 Å². The van der Waals surface area contributed by atoms with Crippen LogP contribution in [-0.2, 0) is 0 Å². The van der Waals surface area contributed by atoms with Crippen LogP contribution in [0.5, 0.6) is 0 Å². The zero-order chi connectivity index (χ0) is 13.8.